The molecule has 90 valence electrons. The van der Waals surface area contributed by atoms with Gasteiger partial charge in [-0.1, -0.05) is 0 Å². The van der Waals surface area contributed by atoms with Gasteiger partial charge in [0.25, 0.3) is 0 Å². The topological polar surface area (TPSA) is 66.9 Å². The van der Waals surface area contributed by atoms with E-state index in [1.54, 1.807) is 7.05 Å². The van der Waals surface area contributed by atoms with Crippen LogP contribution in [-0.4, -0.2) is 61.4 Å². The molecule has 6 heteroatoms. The molecule has 1 aliphatic rings. The zero-order valence-electron chi connectivity index (χ0n) is 9.56. The number of ether oxygens (including phenoxy) is 1. The summed E-state index contributed by atoms with van der Waals surface area (Å²) in [6.45, 7) is 1.50. The van der Waals surface area contributed by atoms with Crippen LogP contribution in [0.1, 0.15) is 12.8 Å². The van der Waals surface area contributed by atoms with Crippen LogP contribution in [0, 0.1) is 0 Å². The minimum Gasteiger partial charge on any atom is -0.469 e. The van der Waals surface area contributed by atoms with E-state index in [9.17, 15) is 14.4 Å². The SMILES string of the molecule is COC(=O)CCCN1CCN(C)C(=O)C1=O. The number of hydrogen-bond donors (Lipinski definition) is 0. The summed E-state index contributed by atoms with van der Waals surface area (Å²) in [6.07, 6.45) is 0.791. The number of amides is 2. The Labute approximate surface area is 94.1 Å². The number of likely N-dealkylation sites (N-methyl/N-ethyl adjacent to an activating group) is 1. The second-order valence-corrected chi connectivity index (χ2v) is 3.70. The van der Waals surface area contributed by atoms with Crippen molar-refractivity contribution in [2.75, 3.05) is 33.8 Å². The molecule has 1 aliphatic heterocycles. The van der Waals surface area contributed by atoms with Gasteiger partial charge in [-0.15, -0.1) is 0 Å². The molecule has 1 heterocycles. The van der Waals surface area contributed by atoms with Gasteiger partial charge in [0.2, 0.25) is 0 Å². The molecular weight excluding hydrogens is 212 g/mol. The molecule has 0 bridgehead atoms. The normalized spacial score (nSPS) is 16.6. The number of esters is 1. The fourth-order valence-electron chi connectivity index (χ4n) is 1.50. The molecule has 1 saturated heterocycles. The summed E-state index contributed by atoms with van der Waals surface area (Å²) < 4.78 is 4.49. The van der Waals surface area contributed by atoms with Gasteiger partial charge in [0.15, 0.2) is 0 Å². The maximum absolute atomic E-state index is 11.5. The highest BCUT2D eigenvalue weighted by atomic mass is 16.5. The van der Waals surface area contributed by atoms with E-state index in [-0.39, 0.29) is 12.4 Å². The third-order valence-corrected chi connectivity index (χ3v) is 2.56. The van der Waals surface area contributed by atoms with Crippen molar-refractivity contribution in [1.82, 2.24) is 9.80 Å². The van der Waals surface area contributed by atoms with Crippen LogP contribution in [0.2, 0.25) is 0 Å². The van der Waals surface area contributed by atoms with E-state index in [1.807, 2.05) is 0 Å². The van der Waals surface area contributed by atoms with Crippen LogP contribution in [0.4, 0.5) is 0 Å². The van der Waals surface area contributed by atoms with E-state index in [0.29, 0.717) is 26.1 Å². The molecule has 1 fully saturated rings. The molecule has 0 unspecified atom stereocenters. The van der Waals surface area contributed by atoms with E-state index in [4.69, 9.17) is 0 Å². The van der Waals surface area contributed by atoms with Gasteiger partial charge in [-0.3, -0.25) is 14.4 Å². The summed E-state index contributed by atoms with van der Waals surface area (Å²) >= 11 is 0. The summed E-state index contributed by atoms with van der Waals surface area (Å²) in [7, 11) is 2.93. The van der Waals surface area contributed by atoms with Gasteiger partial charge in [0.05, 0.1) is 7.11 Å². The molecule has 0 spiro atoms. The predicted molar refractivity (Wildman–Crippen MR) is 55.5 cm³/mol. The van der Waals surface area contributed by atoms with Crippen molar-refractivity contribution in [1.29, 1.82) is 0 Å². The number of carbonyl (C=O) groups is 3. The Balaban J connectivity index is 2.35. The Hall–Kier alpha value is -1.59. The number of piperazine rings is 1. The summed E-state index contributed by atoms with van der Waals surface area (Å²) in [6, 6.07) is 0. The van der Waals surface area contributed by atoms with Gasteiger partial charge >= 0.3 is 17.8 Å². The summed E-state index contributed by atoms with van der Waals surface area (Å²) in [4.78, 5) is 36.6. The number of carbonyl (C=O) groups excluding carboxylic acids is 3. The second kappa shape index (κ2) is 5.48. The van der Waals surface area contributed by atoms with Crippen molar-refractivity contribution in [2.24, 2.45) is 0 Å². The highest BCUT2D eigenvalue weighted by Crippen LogP contribution is 2.05. The van der Waals surface area contributed by atoms with Gasteiger partial charge in [-0.25, -0.2) is 0 Å². The molecule has 16 heavy (non-hydrogen) atoms. The van der Waals surface area contributed by atoms with Crippen molar-refractivity contribution < 1.29 is 19.1 Å². The molecule has 1 rings (SSSR count). The Morgan fingerprint density at radius 3 is 2.62 bits per heavy atom. The Kier molecular flexibility index (Phi) is 4.28. The average molecular weight is 228 g/mol. The lowest BCUT2D eigenvalue weighted by molar-refractivity contribution is -0.155. The van der Waals surface area contributed by atoms with Gasteiger partial charge in [-0.05, 0) is 6.42 Å². The Morgan fingerprint density at radius 1 is 1.31 bits per heavy atom. The van der Waals surface area contributed by atoms with Crippen molar-refractivity contribution in [2.45, 2.75) is 12.8 Å². The summed E-state index contributed by atoms with van der Waals surface area (Å²) in [5.41, 5.74) is 0. The lowest BCUT2D eigenvalue weighted by atomic mass is 10.2. The fraction of sp³-hybridized carbons (Fsp3) is 0.700. The smallest absolute Gasteiger partial charge is 0.312 e. The number of rotatable bonds is 4. The van der Waals surface area contributed by atoms with Gasteiger partial charge in [0, 0.05) is 33.1 Å². The average Bonchev–Trinajstić information content (AvgIpc) is 2.29. The molecule has 6 nitrogen and oxygen atoms in total. The number of nitrogens with zero attached hydrogens (tertiary/aromatic N) is 2. The van der Waals surface area contributed by atoms with E-state index < -0.39 is 11.8 Å². The first-order valence-electron chi connectivity index (χ1n) is 5.17. The number of methoxy groups -OCH3 is 1. The summed E-state index contributed by atoms with van der Waals surface area (Å²) in [5, 5.41) is 0. The second-order valence-electron chi connectivity index (χ2n) is 3.70. The molecule has 0 aromatic rings. The van der Waals surface area contributed by atoms with Crippen molar-refractivity contribution >= 4 is 17.8 Å². The lowest BCUT2D eigenvalue weighted by Gasteiger charge is -2.31. The highest BCUT2D eigenvalue weighted by Gasteiger charge is 2.29. The van der Waals surface area contributed by atoms with Crippen molar-refractivity contribution in [3.05, 3.63) is 0 Å². The van der Waals surface area contributed by atoms with E-state index in [1.165, 1.54) is 16.9 Å². The zero-order chi connectivity index (χ0) is 12.1. The first-order valence-corrected chi connectivity index (χ1v) is 5.17. The molecule has 0 N–H and O–H groups in total. The third kappa shape index (κ3) is 2.95. The zero-order valence-corrected chi connectivity index (χ0v) is 9.56. The van der Waals surface area contributed by atoms with Crippen molar-refractivity contribution in [3.63, 3.8) is 0 Å². The minimum absolute atomic E-state index is 0.268. The quantitative estimate of drug-likeness (QED) is 0.468. The molecule has 0 aliphatic carbocycles. The first kappa shape index (κ1) is 12.5. The van der Waals surface area contributed by atoms with Gasteiger partial charge in [0.1, 0.15) is 0 Å². The molecule has 0 atom stereocenters. The highest BCUT2D eigenvalue weighted by molar-refractivity contribution is 6.35. The first-order chi connectivity index (χ1) is 7.56. The minimum atomic E-state index is -0.487. The molecule has 0 saturated carbocycles. The summed E-state index contributed by atoms with van der Waals surface area (Å²) in [5.74, 6) is -1.27. The predicted octanol–water partition coefficient (Wildman–Crippen LogP) is -0.760. The monoisotopic (exact) mass is 228 g/mol. The fourth-order valence-corrected chi connectivity index (χ4v) is 1.50. The molecule has 0 radical (unpaired) electrons. The van der Waals surface area contributed by atoms with E-state index in [2.05, 4.69) is 4.74 Å². The number of hydrogen-bond acceptors (Lipinski definition) is 4. The maximum Gasteiger partial charge on any atom is 0.312 e. The van der Waals surface area contributed by atoms with Crippen molar-refractivity contribution in [3.8, 4) is 0 Å². The maximum atomic E-state index is 11.5. The van der Waals surface area contributed by atoms with E-state index in [0.717, 1.165) is 0 Å². The van der Waals surface area contributed by atoms with Gasteiger partial charge in [-0.2, -0.15) is 0 Å². The largest absolute Gasteiger partial charge is 0.469 e. The van der Waals surface area contributed by atoms with Crippen LogP contribution < -0.4 is 0 Å². The standard InChI is InChI=1S/C10H16N2O4/c1-11-6-7-12(10(15)9(11)14)5-3-4-8(13)16-2/h3-7H2,1-2H3. The lowest BCUT2D eigenvalue weighted by Crippen LogP contribution is -2.52. The van der Waals surface area contributed by atoms with E-state index >= 15 is 0 Å². The molecule has 2 amide bonds. The van der Waals surface area contributed by atoms with Crippen LogP contribution in [0.3, 0.4) is 0 Å². The van der Waals surface area contributed by atoms with Gasteiger partial charge < -0.3 is 14.5 Å². The molecular formula is C10H16N2O4. The van der Waals surface area contributed by atoms with Crippen LogP contribution >= 0.6 is 0 Å². The third-order valence-electron chi connectivity index (χ3n) is 2.56. The van der Waals surface area contributed by atoms with Crippen LogP contribution in [0.15, 0.2) is 0 Å². The molecule has 0 aromatic carbocycles. The van der Waals surface area contributed by atoms with Crippen LogP contribution in [0.25, 0.3) is 0 Å². The Morgan fingerprint density at radius 2 is 2.00 bits per heavy atom. The molecule has 0 aromatic heterocycles. The van der Waals surface area contributed by atoms with Crippen LogP contribution in [-0.2, 0) is 19.1 Å². The van der Waals surface area contributed by atoms with Crippen LogP contribution in [0.5, 0.6) is 0 Å². The Bertz CT molecular complexity index is 303.